The number of rotatable bonds is 6. The van der Waals surface area contributed by atoms with Crippen molar-refractivity contribution in [3.8, 4) is 0 Å². The molecule has 1 aliphatic carbocycles. The molecule has 2 heterocycles. The number of benzene rings is 1. The minimum atomic E-state index is -0.404. The van der Waals surface area contributed by atoms with E-state index in [1.807, 2.05) is 47.3 Å². The van der Waals surface area contributed by atoms with E-state index in [9.17, 15) is 4.79 Å². The number of fused-ring (bicyclic) bond motifs is 1. The summed E-state index contributed by atoms with van der Waals surface area (Å²) in [6.45, 7) is 2.74. The molecule has 1 fully saturated rings. The fraction of sp³-hybridized carbons (Fsp3) is 0.286. The molecule has 0 spiro atoms. The summed E-state index contributed by atoms with van der Waals surface area (Å²) in [5, 5.41) is 3.54. The van der Waals surface area contributed by atoms with E-state index in [1.54, 1.807) is 7.11 Å². The highest BCUT2D eigenvalue weighted by Gasteiger charge is 2.34. The van der Waals surface area contributed by atoms with Crippen LogP contribution in [0.5, 0.6) is 0 Å². The standard InChI is InChI=1S/C21H23N5O2/c1-21(8-9-21)10-12-26-11-7-16-17(22)24-18(25-19(16)26)20(27)23-15-5-3-14(4-6-15)13-28-2/h3-7,10-12H,8-9,13H2,1-2H3,(H,23,27)(H2,22,24,25). The Kier molecular flexibility index (Phi) is 4.60. The zero-order valence-corrected chi connectivity index (χ0v) is 16.0. The minimum absolute atomic E-state index is 0.0388. The lowest BCUT2D eigenvalue weighted by atomic mass is 10.1. The van der Waals surface area contributed by atoms with Gasteiger partial charge in [-0.1, -0.05) is 25.1 Å². The van der Waals surface area contributed by atoms with Crippen molar-refractivity contribution >= 4 is 34.6 Å². The summed E-state index contributed by atoms with van der Waals surface area (Å²) in [7, 11) is 1.64. The molecule has 1 saturated carbocycles. The minimum Gasteiger partial charge on any atom is -0.383 e. The number of aromatic nitrogens is 3. The molecule has 3 N–H and O–H groups in total. The highest BCUT2D eigenvalue weighted by atomic mass is 16.5. The van der Waals surface area contributed by atoms with Crippen LogP contribution in [0.2, 0.25) is 0 Å². The Morgan fingerprint density at radius 2 is 2.04 bits per heavy atom. The Balaban J connectivity index is 1.58. The molecule has 0 aliphatic heterocycles. The van der Waals surface area contributed by atoms with E-state index >= 15 is 0 Å². The van der Waals surface area contributed by atoms with Gasteiger partial charge in [-0.05, 0) is 42.0 Å². The summed E-state index contributed by atoms with van der Waals surface area (Å²) in [4.78, 5) is 21.3. The Labute approximate surface area is 163 Å². The first-order valence-corrected chi connectivity index (χ1v) is 9.20. The van der Waals surface area contributed by atoms with Gasteiger partial charge in [0, 0.05) is 25.2 Å². The van der Waals surface area contributed by atoms with E-state index in [1.165, 1.54) is 12.8 Å². The first-order chi connectivity index (χ1) is 13.5. The van der Waals surface area contributed by atoms with E-state index in [0.29, 0.717) is 17.9 Å². The van der Waals surface area contributed by atoms with Gasteiger partial charge >= 0.3 is 0 Å². The molecule has 7 heteroatoms. The normalized spacial score (nSPS) is 15.2. The summed E-state index contributed by atoms with van der Waals surface area (Å²) in [6.07, 6.45) is 8.42. The quantitative estimate of drug-likeness (QED) is 0.683. The number of anilines is 2. The number of hydrogen-bond acceptors (Lipinski definition) is 5. The zero-order chi connectivity index (χ0) is 19.7. The van der Waals surface area contributed by atoms with Crippen molar-refractivity contribution in [2.75, 3.05) is 18.2 Å². The topological polar surface area (TPSA) is 95.1 Å². The summed E-state index contributed by atoms with van der Waals surface area (Å²) < 4.78 is 6.97. The molecule has 0 bridgehead atoms. The molecule has 28 heavy (non-hydrogen) atoms. The Morgan fingerprint density at radius 1 is 1.29 bits per heavy atom. The van der Waals surface area contributed by atoms with Crippen LogP contribution in [0.3, 0.4) is 0 Å². The number of allylic oxidation sites excluding steroid dienone is 1. The number of nitrogens with two attached hydrogens (primary N) is 1. The highest BCUT2D eigenvalue weighted by molar-refractivity contribution is 6.03. The van der Waals surface area contributed by atoms with Gasteiger partial charge < -0.3 is 20.4 Å². The van der Waals surface area contributed by atoms with Crippen LogP contribution in [0.1, 0.15) is 35.9 Å². The molecule has 3 aromatic rings. The Hall–Kier alpha value is -3.19. The van der Waals surface area contributed by atoms with Gasteiger partial charge in [-0.3, -0.25) is 4.79 Å². The molecule has 2 aromatic heterocycles. The number of methoxy groups -OCH3 is 1. The van der Waals surface area contributed by atoms with Crippen molar-refractivity contribution in [3.05, 3.63) is 54.0 Å². The second kappa shape index (κ2) is 7.09. The van der Waals surface area contributed by atoms with Gasteiger partial charge in [-0.25, -0.2) is 9.97 Å². The smallest absolute Gasteiger partial charge is 0.293 e. The maximum absolute atomic E-state index is 12.6. The van der Waals surface area contributed by atoms with Crippen LogP contribution in [-0.2, 0) is 11.3 Å². The molecule has 4 rings (SSSR count). The summed E-state index contributed by atoms with van der Waals surface area (Å²) in [5.74, 6) is -0.0775. The first kappa shape index (κ1) is 18.2. The third-order valence-electron chi connectivity index (χ3n) is 5.00. The maximum Gasteiger partial charge on any atom is 0.293 e. The number of carbonyl (C=O) groups excluding carboxylic acids is 1. The number of nitrogens with zero attached hydrogens (tertiary/aromatic N) is 3. The monoisotopic (exact) mass is 377 g/mol. The zero-order valence-electron chi connectivity index (χ0n) is 16.0. The van der Waals surface area contributed by atoms with Gasteiger partial charge in [0.25, 0.3) is 5.91 Å². The van der Waals surface area contributed by atoms with E-state index in [0.717, 1.165) is 10.9 Å². The average Bonchev–Trinajstić information content (AvgIpc) is 3.27. The van der Waals surface area contributed by atoms with Crippen molar-refractivity contribution in [2.24, 2.45) is 5.41 Å². The van der Waals surface area contributed by atoms with Crippen LogP contribution in [0, 0.1) is 5.41 Å². The number of carbonyl (C=O) groups is 1. The van der Waals surface area contributed by atoms with Crippen LogP contribution in [0.15, 0.2) is 42.6 Å². The van der Waals surface area contributed by atoms with Gasteiger partial charge in [0.2, 0.25) is 5.82 Å². The fourth-order valence-corrected chi connectivity index (χ4v) is 2.94. The molecule has 7 nitrogen and oxygen atoms in total. The molecule has 0 radical (unpaired) electrons. The lowest BCUT2D eigenvalue weighted by Crippen LogP contribution is -2.17. The van der Waals surface area contributed by atoms with E-state index < -0.39 is 5.91 Å². The number of hydrogen-bond donors (Lipinski definition) is 2. The average molecular weight is 377 g/mol. The van der Waals surface area contributed by atoms with E-state index in [2.05, 4.69) is 28.3 Å². The summed E-state index contributed by atoms with van der Waals surface area (Å²) >= 11 is 0. The van der Waals surface area contributed by atoms with Crippen LogP contribution in [0.4, 0.5) is 11.5 Å². The number of ether oxygens (including phenoxy) is 1. The van der Waals surface area contributed by atoms with Crippen molar-refractivity contribution in [1.82, 2.24) is 14.5 Å². The molecule has 1 aromatic carbocycles. The first-order valence-electron chi connectivity index (χ1n) is 9.20. The molecule has 1 aliphatic rings. The summed E-state index contributed by atoms with van der Waals surface area (Å²) in [6, 6.07) is 9.28. The second-order valence-electron chi connectivity index (χ2n) is 7.45. The van der Waals surface area contributed by atoms with Crippen LogP contribution in [-0.4, -0.2) is 27.6 Å². The highest BCUT2D eigenvalue weighted by Crippen LogP contribution is 2.46. The summed E-state index contributed by atoms with van der Waals surface area (Å²) in [5.41, 5.74) is 8.63. The predicted octanol–water partition coefficient (Wildman–Crippen LogP) is 3.68. The molecular formula is C21H23N5O2. The third kappa shape index (κ3) is 3.75. The van der Waals surface area contributed by atoms with Gasteiger partial charge in [-0.15, -0.1) is 0 Å². The van der Waals surface area contributed by atoms with Gasteiger partial charge in [-0.2, -0.15) is 0 Å². The molecular weight excluding hydrogens is 354 g/mol. The largest absolute Gasteiger partial charge is 0.383 e. The van der Waals surface area contributed by atoms with Crippen LogP contribution < -0.4 is 11.1 Å². The third-order valence-corrected chi connectivity index (χ3v) is 5.00. The Bertz CT molecular complexity index is 1050. The fourth-order valence-electron chi connectivity index (χ4n) is 2.94. The van der Waals surface area contributed by atoms with Gasteiger partial charge in [0.1, 0.15) is 11.5 Å². The van der Waals surface area contributed by atoms with Gasteiger partial charge in [0.15, 0.2) is 0 Å². The molecule has 1 amide bonds. The van der Waals surface area contributed by atoms with Crippen molar-refractivity contribution in [1.29, 1.82) is 0 Å². The van der Waals surface area contributed by atoms with Crippen LogP contribution >= 0.6 is 0 Å². The van der Waals surface area contributed by atoms with Gasteiger partial charge in [0.05, 0.1) is 12.0 Å². The number of nitrogen functional groups attached to an aromatic ring is 1. The lowest BCUT2D eigenvalue weighted by Gasteiger charge is -2.07. The van der Waals surface area contributed by atoms with E-state index in [-0.39, 0.29) is 17.1 Å². The Morgan fingerprint density at radius 3 is 2.71 bits per heavy atom. The van der Waals surface area contributed by atoms with Crippen molar-refractivity contribution in [2.45, 2.75) is 26.4 Å². The van der Waals surface area contributed by atoms with Crippen LogP contribution in [0.25, 0.3) is 17.2 Å². The van der Waals surface area contributed by atoms with Crippen molar-refractivity contribution in [3.63, 3.8) is 0 Å². The molecule has 0 atom stereocenters. The molecule has 144 valence electrons. The second-order valence-corrected chi connectivity index (χ2v) is 7.45. The lowest BCUT2D eigenvalue weighted by molar-refractivity contribution is 0.101. The maximum atomic E-state index is 12.6. The SMILES string of the molecule is COCc1ccc(NC(=O)c2nc(N)c3ccn(C=CC4(C)CC4)c3n2)cc1. The van der Waals surface area contributed by atoms with Crippen molar-refractivity contribution < 1.29 is 9.53 Å². The number of amides is 1. The predicted molar refractivity (Wildman–Crippen MR) is 110 cm³/mol. The molecule has 0 saturated heterocycles. The number of nitrogens with one attached hydrogen (secondary N) is 1. The van der Waals surface area contributed by atoms with E-state index in [4.69, 9.17) is 10.5 Å². The molecule has 0 unspecified atom stereocenters.